The topological polar surface area (TPSA) is 185 Å². The molecule has 0 aliphatic heterocycles. The van der Waals surface area contributed by atoms with Gasteiger partial charge in [0.25, 0.3) is 5.88 Å². The minimum atomic E-state index is -0.282. The van der Waals surface area contributed by atoms with Crippen molar-refractivity contribution in [2.75, 3.05) is 75.0 Å². The van der Waals surface area contributed by atoms with Gasteiger partial charge in [-0.15, -0.1) is 10.2 Å². The van der Waals surface area contributed by atoms with Crippen molar-refractivity contribution in [3.63, 3.8) is 0 Å². The molecule has 4 aromatic rings. The summed E-state index contributed by atoms with van der Waals surface area (Å²) in [6.45, 7) is 15.9. The first-order chi connectivity index (χ1) is 24.4. The molecule has 0 aliphatic carbocycles. The number of hydrogen-bond acceptors (Lipinski definition) is 14. The molecule has 4 rings (SSSR count). The first-order valence-electron chi connectivity index (χ1n) is 17.1. The summed E-state index contributed by atoms with van der Waals surface area (Å²) in [7, 11) is 1.48. The van der Waals surface area contributed by atoms with Crippen molar-refractivity contribution in [2.45, 2.75) is 40.5 Å². The largest absolute Gasteiger partial charge is 0.499 e. The van der Waals surface area contributed by atoms with Gasteiger partial charge in [-0.25, -0.2) is 9.79 Å². The summed E-state index contributed by atoms with van der Waals surface area (Å²) in [5.41, 5.74) is 3.00. The predicted octanol–water partition coefficient (Wildman–Crippen LogP) is 5.66. The molecule has 16 heteroatoms. The molecule has 0 aliphatic rings. The number of hydrogen-bond donors (Lipinski definition) is 5. The molecule has 16 nitrogen and oxygen atoms in total. The van der Waals surface area contributed by atoms with Crippen LogP contribution in [0.15, 0.2) is 74.6 Å². The van der Waals surface area contributed by atoms with Crippen LogP contribution in [0, 0.1) is 0 Å². The van der Waals surface area contributed by atoms with Gasteiger partial charge in [-0.2, -0.15) is 15.0 Å². The number of H-pyrrole nitrogens is 2. The number of methoxy groups -OCH3 is 1. The maximum atomic E-state index is 11.5. The molecule has 0 saturated carbocycles. The second-order valence-electron chi connectivity index (χ2n) is 11.1. The number of anilines is 4. The SMILES string of the molecule is CCNCCCN(CC)c1nc(NCCCN(CC)CC)nc(Nc2ccc(N=N/C(=C/OC)OC=Nc3ccc4[nH]c(=O)[nH]c4c3)cc2)n1. The van der Waals surface area contributed by atoms with E-state index in [1.165, 1.54) is 19.8 Å². The lowest BCUT2D eigenvalue weighted by molar-refractivity contribution is 0.300. The number of azo groups is 1. The summed E-state index contributed by atoms with van der Waals surface area (Å²) in [6, 6.07) is 12.6. The molecule has 0 amide bonds. The van der Waals surface area contributed by atoms with Crippen LogP contribution in [0.1, 0.15) is 40.5 Å². The van der Waals surface area contributed by atoms with Gasteiger partial charge in [0.1, 0.15) is 6.26 Å². The van der Waals surface area contributed by atoms with Crippen LogP contribution in [0.25, 0.3) is 11.0 Å². The molecule has 0 spiro atoms. The summed E-state index contributed by atoms with van der Waals surface area (Å²) in [6.07, 6.45) is 4.49. The highest BCUT2D eigenvalue weighted by atomic mass is 16.5. The van der Waals surface area contributed by atoms with Gasteiger partial charge in [0.2, 0.25) is 17.8 Å². The summed E-state index contributed by atoms with van der Waals surface area (Å²) in [5, 5.41) is 18.5. The van der Waals surface area contributed by atoms with Crippen molar-refractivity contribution in [1.82, 2.24) is 35.1 Å². The quantitative estimate of drug-likeness (QED) is 0.0226. The minimum absolute atomic E-state index is 0.0929. The molecule has 2 aromatic carbocycles. The number of aromatic nitrogens is 5. The summed E-state index contributed by atoms with van der Waals surface area (Å²) < 4.78 is 10.6. The molecule has 0 saturated heterocycles. The Bertz CT molecular complexity index is 1750. The summed E-state index contributed by atoms with van der Waals surface area (Å²) >= 11 is 0. The van der Waals surface area contributed by atoms with Gasteiger partial charge in [0, 0.05) is 25.3 Å². The highest BCUT2D eigenvalue weighted by molar-refractivity contribution is 5.78. The fraction of sp³-hybridized carbons (Fsp3) is 0.441. The Morgan fingerprint density at radius 3 is 2.36 bits per heavy atom. The van der Waals surface area contributed by atoms with Crippen molar-refractivity contribution >= 4 is 52.3 Å². The van der Waals surface area contributed by atoms with Crippen molar-refractivity contribution < 1.29 is 9.47 Å². The molecule has 0 atom stereocenters. The number of fused-ring (bicyclic) bond motifs is 1. The summed E-state index contributed by atoms with van der Waals surface area (Å²) in [5.74, 6) is 1.70. The van der Waals surface area contributed by atoms with Crippen LogP contribution in [-0.2, 0) is 9.47 Å². The lowest BCUT2D eigenvalue weighted by Crippen LogP contribution is -2.29. The zero-order valence-electron chi connectivity index (χ0n) is 29.6. The van der Waals surface area contributed by atoms with Crippen LogP contribution >= 0.6 is 0 Å². The van der Waals surface area contributed by atoms with Gasteiger partial charge in [-0.3, -0.25) is 0 Å². The Labute approximate surface area is 292 Å². The monoisotopic (exact) mass is 687 g/mol. The van der Waals surface area contributed by atoms with E-state index in [4.69, 9.17) is 19.4 Å². The number of benzene rings is 2. The number of aromatic amines is 2. The lowest BCUT2D eigenvalue weighted by atomic mass is 10.3. The molecule has 0 unspecified atom stereocenters. The van der Waals surface area contributed by atoms with E-state index in [2.05, 4.69) is 83.6 Å². The highest BCUT2D eigenvalue weighted by Crippen LogP contribution is 2.22. The van der Waals surface area contributed by atoms with Gasteiger partial charge >= 0.3 is 5.69 Å². The second kappa shape index (κ2) is 20.2. The van der Waals surface area contributed by atoms with Crippen LogP contribution in [-0.4, -0.2) is 95.7 Å². The maximum Gasteiger partial charge on any atom is 0.323 e. The molecule has 2 heterocycles. The third-order valence-electron chi connectivity index (χ3n) is 7.63. The smallest absolute Gasteiger partial charge is 0.323 e. The predicted molar refractivity (Wildman–Crippen MR) is 199 cm³/mol. The molecule has 50 heavy (non-hydrogen) atoms. The molecule has 5 N–H and O–H groups in total. The van der Waals surface area contributed by atoms with Crippen LogP contribution in [0.4, 0.5) is 34.9 Å². The summed E-state index contributed by atoms with van der Waals surface area (Å²) in [4.78, 5) is 39.9. The Kier molecular flexibility index (Phi) is 15.2. The molecule has 268 valence electrons. The highest BCUT2D eigenvalue weighted by Gasteiger charge is 2.13. The van der Waals surface area contributed by atoms with Crippen LogP contribution in [0.2, 0.25) is 0 Å². The number of rotatable bonds is 22. The van der Waals surface area contributed by atoms with Gasteiger partial charge in [-0.05, 0) is 95.0 Å². The average Bonchev–Trinajstić information content (AvgIpc) is 3.50. The Balaban J connectivity index is 1.41. The van der Waals surface area contributed by atoms with Gasteiger partial charge in [-0.1, -0.05) is 20.8 Å². The fourth-order valence-corrected chi connectivity index (χ4v) is 4.92. The van der Waals surface area contributed by atoms with Crippen molar-refractivity contribution in [1.29, 1.82) is 0 Å². The maximum absolute atomic E-state index is 11.5. The van der Waals surface area contributed by atoms with Gasteiger partial charge in [0.15, 0.2) is 6.40 Å². The lowest BCUT2D eigenvalue weighted by Gasteiger charge is -2.22. The number of imidazole rings is 1. The molecular formula is C34H49N13O3. The average molecular weight is 688 g/mol. The standard InChI is InChI=1S/C34H49N13O3/c1-6-35-18-10-21-47(9-4)33-42-31(36-19-11-20-46(7-2)8-3)41-32(43-33)38-25-12-14-26(15-13-25)44-45-30(23-49-5)50-24-37-27-16-17-28-29(22-27)40-34(48)39-28/h12-17,22-24,35H,6-11,18-21H2,1-5H3,(H2,39,40,48)(H2,36,38,41,42,43)/b30-23-,37-24?,45-44?. The Morgan fingerprint density at radius 2 is 1.62 bits per heavy atom. The molecular weight excluding hydrogens is 638 g/mol. The fourth-order valence-electron chi connectivity index (χ4n) is 4.92. The Hall–Kier alpha value is -5.35. The second-order valence-corrected chi connectivity index (χ2v) is 11.1. The third kappa shape index (κ3) is 12.0. The van der Waals surface area contributed by atoms with Crippen molar-refractivity contribution in [3.8, 4) is 0 Å². The molecule has 2 aromatic heterocycles. The van der Waals surface area contributed by atoms with E-state index in [0.717, 1.165) is 70.9 Å². The number of ether oxygens (including phenoxy) is 2. The Morgan fingerprint density at radius 1 is 0.880 bits per heavy atom. The van der Waals surface area contributed by atoms with Crippen LogP contribution in [0.5, 0.6) is 0 Å². The van der Waals surface area contributed by atoms with Crippen molar-refractivity contribution in [3.05, 3.63) is 65.1 Å². The number of nitrogens with one attached hydrogen (secondary N) is 5. The number of nitrogens with zero attached hydrogens (tertiary/aromatic N) is 8. The van der Waals surface area contributed by atoms with E-state index in [1.54, 1.807) is 18.2 Å². The molecule has 0 bridgehead atoms. The minimum Gasteiger partial charge on any atom is -0.499 e. The molecule has 0 radical (unpaired) electrons. The van der Waals surface area contributed by atoms with E-state index in [9.17, 15) is 4.79 Å². The van der Waals surface area contributed by atoms with Crippen LogP contribution < -0.4 is 26.5 Å². The van der Waals surface area contributed by atoms with E-state index in [0.29, 0.717) is 40.3 Å². The zero-order valence-corrected chi connectivity index (χ0v) is 29.6. The van der Waals surface area contributed by atoms with Gasteiger partial charge < -0.3 is 45.2 Å². The third-order valence-corrected chi connectivity index (χ3v) is 7.63. The van der Waals surface area contributed by atoms with E-state index >= 15 is 0 Å². The number of aliphatic imine (C=N–C) groups is 1. The molecule has 0 fully saturated rings. The van der Waals surface area contributed by atoms with E-state index < -0.39 is 0 Å². The first-order valence-corrected chi connectivity index (χ1v) is 17.1. The van der Waals surface area contributed by atoms with Gasteiger partial charge in [0.05, 0.1) is 29.5 Å². The van der Waals surface area contributed by atoms with E-state index in [1.807, 2.05) is 24.3 Å². The van der Waals surface area contributed by atoms with Crippen molar-refractivity contribution in [2.24, 2.45) is 15.2 Å². The normalized spacial score (nSPS) is 12.0. The zero-order chi connectivity index (χ0) is 35.6. The van der Waals surface area contributed by atoms with E-state index in [-0.39, 0.29) is 11.6 Å². The first kappa shape index (κ1) is 37.5. The van der Waals surface area contributed by atoms with Crippen LogP contribution in [0.3, 0.4) is 0 Å².